The molecule has 1 aliphatic heterocycles. The monoisotopic (exact) mass is 565 g/mol. The molecule has 3 aromatic carbocycles. The Morgan fingerprint density at radius 1 is 1.05 bits per heavy atom. The Kier molecular flexibility index (Phi) is 8.81. The van der Waals surface area contributed by atoms with Crippen LogP contribution in [0.25, 0.3) is 0 Å². The molecule has 0 aromatic heterocycles. The van der Waals surface area contributed by atoms with E-state index in [0.717, 1.165) is 23.8 Å². The molecule has 9 nitrogen and oxygen atoms in total. The predicted molar refractivity (Wildman–Crippen MR) is 146 cm³/mol. The van der Waals surface area contributed by atoms with Gasteiger partial charge in [-0.2, -0.15) is 23.3 Å². The van der Waals surface area contributed by atoms with Gasteiger partial charge < -0.3 is 15.8 Å². The van der Waals surface area contributed by atoms with E-state index in [0.29, 0.717) is 17.0 Å². The molecule has 4 rings (SSSR count). The maximum Gasteiger partial charge on any atom is 0.416 e. The van der Waals surface area contributed by atoms with Gasteiger partial charge in [0.1, 0.15) is 6.42 Å². The zero-order chi connectivity index (χ0) is 29.6. The van der Waals surface area contributed by atoms with E-state index in [1.807, 2.05) is 30.3 Å². The number of benzene rings is 3. The number of esters is 1. The normalized spacial score (nSPS) is 15.3. The molecule has 212 valence electrons. The Morgan fingerprint density at radius 3 is 2.41 bits per heavy atom. The number of carbonyl (C=O) groups excluding carboxylic acids is 3. The van der Waals surface area contributed by atoms with Crippen molar-refractivity contribution in [3.63, 3.8) is 0 Å². The summed E-state index contributed by atoms with van der Waals surface area (Å²) in [6.45, 7) is 2.05. The lowest BCUT2D eigenvalue weighted by Crippen LogP contribution is -2.33. The smallest absolute Gasteiger partial charge is 0.416 e. The minimum Gasteiger partial charge on any atom is -0.466 e. The van der Waals surface area contributed by atoms with E-state index >= 15 is 0 Å². The molecule has 2 amide bonds. The average Bonchev–Trinajstić information content (AvgIpc) is 3.39. The summed E-state index contributed by atoms with van der Waals surface area (Å²) in [4.78, 5) is 40.1. The Morgan fingerprint density at radius 2 is 1.76 bits per heavy atom. The van der Waals surface area contributed by atoms with E-state index in [1.165, 1.54) is 11.1 Å². The molecule has 1 unspecified atom stereocenters. The molecule has 3 aromatic rings. The largest absolute Gasteiger partial charge is 0.466 e. The van der Waals surface area contributed by atoms with Crippen molar-refractivity contribution in [2.24, 2.45) is 15.8 Å². The van der Waals surface area contributed by atoms with Crippen LogP contribution >= 0.6 is 0 Å². The topological polar surface area (TPSA) is 126 Å². The van der Waals surface area contributed by atoms with Crippen LogP contribution in [0.2, 0.25) is 0 Å². The number of hydrazone groups is 1. The first-order valence-corrected chi connectivity index (χ1v) is 12.6. The van der Waals surface area contributed by atoms with Crippen LogP contribution in [0, 0.1) is 0 Å². The zero-order valence-electron chi connectivity index (χ0n) is 21.9. The summed E-state index contributed by atoms with van der Waals surface area (Å²) in [5.74, 6) is -2.63. The summed E-state index contributed by atoms with van der Waals surface area (Å²) in [6, 6.07) is 20.1. The number of hydrogen-bond acceptors (Lipinski definition) is 5. The fraction of sp³-hybridized carbons (Fsp3) is 0.207. The van der Waals surface area contributed by atoms with Crippen molar-refractivity contribution in [1.82, 2.24) is 5.01 Å². The number of ether oxygens (including phenoxy) is 1. The minimum atomic E-state index is -4.61. The lowest BCUT2D eigenvalue weighted by Gasteiger charge is -2.16. The molecule has 0 radical (unpaired) electrons. The van der Waals surface area contributed by atoms with Crippen LogP contribution in [0.4, 0.5) is 18.9 Å². The van der Waals surface area contributed by atoms with Crippen LogP contribution in [0.5, 0.6) is 0 Å². The van der Waals surface area contributed by atoms with Gasteiger partial charge >= 0.3 is 12.1 Å². The van der Waals surface area contributed by atoms with Gasteiger partial charge in [0.25, 0.3) is 5.91 Å². The van der Waals surface area contributed by atoms with E-state index in [1.54, 1.807) is 31.2 Å². The molecule has 1 atom stereocenters. The summed E-state index contributed by atoms with van der Waals surface area (Å²) < 4.78 is 44.0. The number of nitrogens with two attached hydrogens (primary N) is 1. The summed E-state index contributed by atoms with van der Waals surface area (Å²) in [7, 11) is 0. The molecule has 3 N–H and O–H groups in total. The number of aliphatic imine (C=N–C) groups is 1. The molecule has 0 spiro atoms. The van der Waals surface area contributed by atoms with Crippen LogP contribution in [-0.4, -0.2) is 47.6 Å². The zero-order valence-corrected chi connectivity index (χ0v) is 21.9. The lowest BCUT2D eigenvalue weighted by atomic mass is 9.90. The fourth-order valence-electron chi connectivity index (χ4n) is 4.18. The predicted octanol–water partition coefficient (Wildman–Crippen LogP) is 4.56. The second-order valence-corrected chi connectivity index (χ2v) is 8.99. The Labute approximate surface area is 233 Å². The van der Waals surface area contributed by atoms with Gasteiger partial charge in [0.15, 0.2) is 0 Å². The number of carbonyl (C=O) groups is 3. The van der Waals surface area contributed by atoms with Crippen LogP contribution in [0.15, 0.2) is 89.0 Å². The van der Waals surface area contributed by atoms with Gasteiger partial charge in [0.2, 0.25) is 11.9 Å². The third-order valence-corrected chi connectivity index (χ3v) is 6.11. The number of amides is 2. The first-order valence-electron chi connectivity index (χ1n) is 12.6. The Bertz CT molecular complexity index is 1490. The number of alkyl halides is 3. The van der Waals surface area contributed by atoms with Gasteiger partial charge in [-0.3, -0.25) is 14.4 Å². The van der Waals surface area contributed by atoms with Gasteiger partial charge in [-0.1, -0.05) is 48.5 Å². The van der Waals surface area contributed by atoms with Gasteiger partial charge in [-0.15, -0.1) is 0 Å². The highest BCUT2D eigenvalue weighted by atomic mass is 19.4. The van der Waals surface area contributed by atoms with Crippen molar-refractivity contribution in [3.8, 4) is 0 Å². The average molecular weight is 566 g/mol. The molecular weight excluding hydrogens is 539 g/mol. The summed E-state index contributed by atoms with van der Waals surface area (Å²) in [5, 5.41) is 8.54. The summed E-state index contributed by atoms with van der Waals surface area (Å²) in [6.07, 6.45) is -5.02. The highest BCUT2D eigenvalue weighted by molar-refractivity contribution is 6.09. The van der Waals surface area contributed by atoms with Crippen molar-refractivity contribution in [3.05, 3.63) is 101 Å². The number of anilines is 1. The highest BCUT2D eigenvalue weighted by Crippen LogP contribution is 2.31. The standard InChI is InChI=1S/C29H26F3N5O4/c1-2-41-25(39)16-24(38)34-22-13-11-19(12-14-22)26-23(18-7-4-3-5-8-18)17-37(36-26)28(33)35-27(40)20-9-6-10-21(15-20)29(30,31)32/h3-15,23H,2,16-17H2,1H3,(H,34,38)(H2,33,35,40). The third kappa shape index (κ3) is 7.35. The van der Waals surface area contributed by atoms with Crippen molar-refractivity contribution < 1.29 is 32.3 Å². The number of rotatable bonds is 7. The molecule has 0 saturated heterocycles. The van der Waals surface area contributed by atoms with Crippen LogP contribution in [-0.2, 0) is 20.5 Å². The second kappa shape index (κ2) is 12.5. The van der Waals surface area contributed by atoms with Crippen LogP contribution in [0.1, 0.15) is 46.3 Å². The highest BCUT2D eigenvalue weighted by Gasteiger charge is 2.32. The van der Waals surface area contributed by atoms with Crippen molar-refractivity contribution in [2.45, 2.75) is 25.4 Å². The minimum absolute atomic E-state index is 0.178. The Hall–Kier alpha value is -5.00. The number of nitrogens with zero attached hydrogens (tertiary/aromatic N) is 3. The molecular formula is C29H26F3N5O4. The van der Waals surface area contributed by atoms with Gasteiger partial charge in [-0.25, -0.2) is 5.01 Å². The molecule has 41 heavy (non-hydrogen) atoms. The first kappa shape index (κ1) is 29.0. The second-order valence-electron chi connectivity index (χ2n) is 8.99. The van der Waals surface area contributed by atoms with Crippen molar-refractivity contribution in [2.75, 3.05) is 18.5 Å². The van der Waals surface area contributed by atoms with E-state index in [-0.39, 0.29) is 30.6 Å². The van der Waals surface area contributed by atoms with Gasteiger partial charge in [0.05, 0.1) is 24.4 Å². The quantitative estimate of drug-likeness (QED) is 0.187. The number of nitrogens with one attached hydrogen (secondary N) is 1. The van der Waals surface area contributed by atoms with Gasteiger partial charge in [-0.05, 0) is 48.4 Å². The van der Waals surface area contributed by atoms with Crippen molar-refractivity contribution >= 4 is 35.1 Å². The molecule has 1 aliphatic rings. The molecule has 0 aliphatic carbocycles. The van der Waals surface area contributed by atoms with E-state index in [4.69, 9.17) is 10.5 Å². The maximum absolute atomic E-state index is 13.1. The molecule has 12 heteroatoms. The van der Waals surface area contributed by atoms with Crippen LogP contribution < -0.4 is 11.1 Å². The molecule has 0 saturated carbocycles. The van der Waals surface area contributed by atoms with E-state index in [2.05, 4.69) is 15.4 Å². The number of hydrogen-bond donors (Lipinski definition) is 2. The van der Waals surface area contributed by atoms with Gasteiger partial charge in [0, 0.05) is 17.2 Å². The third-order valence-electron chi connectivity index (χ3n) is 6.11. The van der Waals surface area contributed by atoms with E-state index < -0.39 is 35.9 Å². The summed E-state index contributed by atoms with van der Waals surface area (Å²) in [5.41, 5.74) is 7.55. The lowest BCUT2D eigenvalue weighted by molar-refractivity contribution is -0.145. The van der Waals surface area contributed by atoms with Crippen LogP contribution in [0.3, 0.4) is 0 Å². The first-order chi connectivity index (χ1) is 19.5. The maximum atomic E-state index is 13.1. The SMILES string of the molecule is CCOC(=O)CC(=O)Nc1ccc(C2=NN(C(N)=NC(=O)c3cccc(C(F)(F)F)c3)CC2c2ccccc2)cc1. The fourth-order valence-corrected chi connectivity index (χ4v) is 4.18. The summed E-state index contributed by atoms with van der Waals surface area (Å²) >= 11 is 0. The molecule has 1 heterocycles. The molecule has 0 bridgehead atoms. The number of halogens is 3. The van der Waals surface area contributed by atoms with Crippen molar-refractivity contribution in [1.29, 1.82) is 0 Å². The Balaban J connectivity index is 1.57. The number of guanidine groups is 1. The molecule has 0 fully saturated rings. The van der Waals surface area contributed by atoms with E-state index in [9.17, 15) is 27.6 Å².